The van der Waals surface area contributed by atoms with Crippen LogP contribution in [0.25, 0.3) is 0 Å². The van der Waals surface area contributed by atoms with Crippen molar-refractivity contribution in [2.24, 2.45) is 5.92 Å². The van der Waals surface area contributed by atoms with Crippen LogP contribution < -0.4 is 10.1 Å². The summed E-state index contributed by atoms with van der Waals surface area (Å²) in [6, 6.07) is 5.04. The molecule has 216 valence electrons. The highest BCUT2D eigenvalue weighted by molar-refractivity contribution is 7.92. The number of rotatable bonds is 6. The molecule has 39 heavy (non-hydrogen) atoms. The SMILES string of the molecule is C[C@H](Oc1ccc(S(=O)(=O)[C@@H]2CC[C@@H](C(=O)N3CC(F)(F)C3)C2)c(Cl)c1)C(F)(F)F.N#CC1(NC(=O)O)CC1. The molecule has 0 unspecified atom stereocenters. The molecular formula is C23H25ClF5N3O6S. The second-order valence-corrected chi connectivity index (χ2v) is 12.3. The van der Waals surface area contributed by atoms with Crippen LogP contribution in [-0.2, 0) is 14.6 Å². The van der Waals surface area contributed by atoms with E-state index in [9.17, 15) is 40.0 Å². The molecule has 3 atom stereocenters. The Morgan fingerprint density at radius 3 is 2.31 bits per heavy atom. The van der Waals surface area contributed by atoms with Crippen molar-refractivity contribution in [3.8, 4) is 11.8 Å². The third-order valence-corrected chi connectivity index (χ3v) is 9.32. The number of nitriles is 1. The van der Waals surface area contributed by atoms with Crippen molar-refractivity contribution < 1.29 is 49.8 Å². The summed E-state index contributed by atoms with van der Waals surface area (Å²) in [6.07, 6.45) is -6.15. The maximum atomic E-state index is 13.0. The lowest BCUT2D eigenvalue weighted by molar-refractivity contribution is -0.189. The fraction of sp³-hybridized carbons (Fsp3) is 0.609. The Morgan fingerprint density at radius 1 is 1.26 bits per heavy atom. The van der Waals surface area contributed by atoms with Crippen LogP contribution in [0.3, 0.4) is 0 Å². The minimum atomic E-state index is -4.59. The fourth-order valence-electron chi connectivity index (χ4n) is 4.20. The van der Waals surface area contributed by atoms with Gasteiger partial charge in [0.05, 0.1) is 34.3 Å². The molecule has 0 spiro atoms. The molecule has 3 fully saturated rings. The number of carbonyl (C=O) groups is 2. The van der Waals surface area contributed by atoms with Gasteiger partial charge in [-0.2, -0.15) is 18.4 Å². The Labute approximate surface area is 225 Å². The van der Waals surface area contributed by atoms with Crippen LogP contribution in [0.15, 0.2) is 23.1 Å². The Bertz CT molecular complexity index is 1260. The minimum absolute atomic E-state index is 0.0249. The first kappa shape index (κ1) is 30.7. The van der Waals surface area contributed by atoms with E-state index in [1.54, 1.807) is 0 Å². The first-order valence-electron chi connectivity index (χ1n) is 11.7. The number of hydrogen-bond donors (Lipinski definition) is 2. The van der Waals surface area contributed by atoms with Gasteiger partial charge >= 0.3 is 12.3 Å². The Kier molecular flexibility index (Phi) is 8.62. The van der Waals surface area contributed by atoms with Crippen LogP contribution in [0.1, 0.15) is 39.0 Å². The number of halogens is 6. The lowest BCUT2D eigenvalue weighted by atomic mass is 10.0. The molecule has 1 heterocycles. The molecule has 1 aliphatic heterocycles. The average molecular weight is 602 g/mol. The second-order valence-electron chi connectivity index (χ2n) is 9.75. The average Bonchev–Trinajstić information content (AvgIpc) is 3.37. The third-order valence-electron chi connectivity index (χ3n) is 6.62. The second kappa shape index (κ2) is 11.0. The number of nitrogens with one attached hydrogen (secondary N) is 1. The van der Waals surface area contributed by atoms with Crippen LogP contribution in [-0.4, -0.2) is 72.5 Å². The van der Waals surface area contributed by atoms with Crippen molar-refractivity contribution in [2.75, 3.05) is 13.1 Å². The molecular weight excluding hydrogens is 577 g/mol. The molecule has 1 aromatic rings. The molecule has 1 saturated heterocycles. The summed E-state index contributed by atoms with van der Waals surface area (Å²) in [5, 5.41) is 17.4. The highest BCUT2D eigenvalue weighted by atomic mass is 35.5. The number of amides is 2. The smallest absolute Gasteiger partial charge is 0.425 e. The number of carboxylic acid groups (broad SMARTS) is 1. The van der Waals surface area contributed by atoms with Gasteiger partial charge in [-0.1, -0.05) is 11.6 Å². The zero-order valence-electron chi connectivity index (χ0n) is 20.5. The van der Waals surface area contributed by atoms with Crippen molar-refractivity contribution in [3.63, 3.8) is 0 Å². The van der Waals surface area contributed by atoms with Crippen LogP contribution in [0.2, 0.25) is 5.02 Å². The van der Waals surface area contributed by atoms with E-state index < -0.39 is 69.8 Å². The van der Waals surface area contributed by atoms with Crippen LogP contribution in [0.5, 0.6) is 5.75 Å². The fourth-order valence-corrected chi connectivity index (χ4v) is 6.58. The summed E-state index contributed by atoms with van der Waals surface area (Å²) in [6.45, 7) is -0.519. The standard InChI is InChI=1S/C18H19ClF5NO4S.C5H6N2O2/c1-10(18(22,23)24)29-12-3-5-15(14(19)7-12)30(27,28)13-4-2-11(6-13)16(26)25-8-17(20,21)9-25;6-3-5(1-2-5)7-4(8)9/h3,5,7,10-11,13H,2,4,6,8-9H2,1H3;7H,1-2H2,(H,8,9)/t10-,11+,13+;/m0./s1. The Morgan fingerprint density at radius 2 is 1.87 bits per heavy atom. The molecule has 0 radical (unpaired) electrons. The number of nitrogens with zero attached hydrogens (tertiary/aromatic N) is 2. The summed E-state index contributed by atoms with van der Waals surface area (Å²) >= 11 is 6.00. The lowest BCUT2D eigenvalue weighted by Gasteiger charge is -2.40. The normalized spacial score (nSPS) is 23.8. The number of hydrogen-bond acceptors (Lipinski definition) is 6. The van der Waals surface area contributed by atoms with Crippen molar-refractivity contribution >= 4 is 33.4 Å². The van der Waals surface area contributed by atoms with Crippen molar-refractivity contribution in [2.45, 2.75) is 72.9 Å². The van der Waals surface area contributed by atoms with E-state index in [4.69, 9.17) is 26.7 Å². The van der Waals surface area contributed by atoms with E-state index in [0.29, 0.717) is 12.8 Å². The van der Waals surface area contributed by atoms with Crippen molar-refractivity contribution in [3.05, 3.63) is 23.2 Å². The molecule has 0 aromatic heterocycles. The highest BCUT2D eigenvalue weighted by Gasteiger charge is 2.49. The monoisotopic (exact) mass is 601 g/mol. The summed E-state index contributed by atoms with van der Waals surface area (Å²) < 4.78 is 94.4. The van der Waals surface area contributed by atoms with Gasteiger partial charge < -0.3 is 20.1 Å². The predicted octanol–water partition coefficient (Wildman–Crippen LogP) is 4.40. The molecule has 3 aliphatic rings. The number of alkyl halides is 5. The van der Waals surface area contributed by atoms with E-state index in [1.165, 1.54) is 0 Å². The van der Waals surface area contributed by atoms with Gasteiger partial charge in [-0.15, -0.1) is 0 Å². The third kappa shape index (κ3) is 7.42. The summed E-state index contributed by atoms with van der Waals surface area (Å²) in [4.78, 5) is 23.0. The molecule has 2 N–H and O–H groups in total. The molecule has 2 amide bonds. The van der Waals surface area contributed by atoms with Gasteiger partial charge in [0, 0.05) is 12.0 Å². The minimum Gasteiger partial charge on any atom is -0.481 e. The largest absolute Gasteiger partial charge is 0.481 e. The first-order chi connectivity index (χ1) is 17.9. The van der Waals surface area contributed by atoms with Gasteiger partial charge in [0.1, 0.15) is 11.3 Å². The number of carbonyl (C=O) groups excluding carboxylic acids is 1. The van der Waals surface area contributed by atoms with Crippen LogP contribution >= 0.6 is 11.6 Å². The Balaban J connectivity index is 0.000000395. The summed E-state index contributed by atoms with van der Waals surface area (Å²) in [5.41, 5.74) is -0.730. The molecule has 2 saturated carbocycles. The number of benzene rings is 1. The molecule has 16 heteroatoms. The summed E-state index contributed by atoms with van der Waals surface area (Å²) in [7, 11) is -3.98. The molecule has 0 bridgehead atoms. The number of sulfone groups is 1. The zero-order valence-corrected chi connectivity index (χ0v) is 22.0. The topological polar surface area (TPSA) is 137 Å². The molecule has 4 rings (SSSR count). The van der Waals surface area contributed by atoms with Crippen molar-refractivity contribution in [1.29, 1.82) is 5.26 Å². The van der Waals surface area contributed by atoms with Gasteiger partial charge in [-0.3, -0.25) is 4.79 Å². The molecule has 9 nitrogen and oxygen atoms in total. The van der Waals surface area contributed by atoms with Crippen molar-refractivity contribution in [1.82, 2.24) is 10.2 Å². The molecule has 1 aromatic carbocycles. The maximum Gasteiger partial charge on any atom is 0.425 e. The van der Waals surface area contributed by atoms with E-state index in [2.05, 4.69) is 5.32 Å². The maximum absolute atomic E-state index is 13.0. The number of ether oxygens (including phenoxy) is 1. The zero-order chi connectivity index (χ0) is 29.4. The van der Waals surface area contributed by atoms with Gasteiger partial charge in [0.25, 0.3) is 5.92 Å². The number of likely N-dealkylation sites (tertiary alicyclic amines) is 1. The first-order valence-corrected chi connectivity index (χ1v) is 13.7. The van der Waals surface area contributed by atoms with E-state index in [-0.39, 0.29) is 34.9 Å². The van der Waals surface area contributed by atoms with E-state index >= 15 is 0 Å². The van der Waals surface area contributed by atoms with E-state index in [0.717, 1.165) is 30.0 Å². The van der Waals surface area contributed by atoms with Gasteiger partial charge in [-0.25, -0.2) is 22.0 Å². The van der Waals surface area contributed by atoms with Gasteiger partial charge in [-0.05, 0) is 51.2 Å². The van der Waals surface area contributed by atoms with E-state index in [1.807, 2.05) is 6.07 Å². The Hall–Kier alpha value is -2.86. The quantitative estimate of drug-likeness (QED) is 0.461. The van der Waals surface area contributed by atoms with Crippen LogP contribution in [0, 0.1) is 17.2 Å². The summed E-state index contributed by atoms with van der Waals surface area (Å²) in [5.74, 6) is -4.30. The lowest BCUT2D eigenvalue weighted by Crippen LogP contribution is -2.59. The van der Waals surface area contributed by atoms with Gasteiger partial charge in [0.2, 0.25) is 5.91 Å². The van der Waals surface area contributed by atoms with Gasteiger partial charge in [0.15, 0.2) is 15.9 Å². The van der Waals surface area contributed by atoms with Crippen LogP contribution in [0.4, 0.5) is 26.7 Å². The molecule has 2 aliphatic carbocycles. The highest BCUT2D eigenvalue weighted by Crippen LogP contribution is 2.40. The predicted molar refractivity (Wildman–Crippen MR) is 126 cm³/mol.